The van der Waals surface area contributed by atoms with E-state index in [1.807, 2.05) is 18.2 Å². The first-order valence-electron chi connectivity index (χ1n) is 13.3. The standard InChI is InChI=1S/C31H27ClF3N3O3/c32-22-9-12-24-19(15-22)3-1-4-21(24)17-36-29(39)20-8-13-25-27(16-20)37-26(5-2-14-31(34,35)30(40)41)28(38-25)18-6-10-23(33)11-7-18/h6-13,15-16,21H,1-5,14,17H2,(H,36,39)(H,40,41). The zero-order valence-corrected chi connectivity index (χ0v) is 22.7. The second-order valence-corrected chi connectivity index (χ2v) is 10.7. The number of aliphatic carboxylic acids is 1. The first-order valence-corrected chi connectivity index (χ1v) is 13.7. The highest BCUT2D eigenvalue weighted by Gasteiger charge is 2.37. The van der Waals surface area contributed by atoms with Gasteiger partial charge in [0.05, 0.1) is 22.4 Å². The Hall–Kier alpha value is -3.98. The number of hydrogen-bond acceptors (Lipinski definition) is 4. The van der Waals surface area contributed by atoms with Gasteiger partial charge in [-0.05, 0) is 97.8 Å². The average molecular weight is 582 g/mol. The topological polar surface area (TPSA) is 92.2 Å². The number of carboxylic acid groups (broad SMARTS) is 1. The number of aryl methyl sites for hydroxylation is 2. The number of amides is 1. The first-order chi connectivity index (χ1) is 19.6. The molecule has 1 amide bonds. The second-order valence-electron chi connectivity index (χ2n) is 10.2. The Balaban J connectivity index is 1.38. The second kappa shape index (κ2) is 11.9. The summed E-state index contributed by atoms with van der Waals surface area (Å²) in [4.78, 5) is 33.2. The van der Waals surface area contributed by atoms with Crippen LogP contribution in [0.3, 0.4) is 0 Å². The molecular weight excluding hydrogens is 555 g/mol. The third kappa shape index (κ3) is 6.51. The van der Waals surface area contributed by atoms with E-state index in [2.05, 4.69) is 15.3 Å². The molecule has 0 saturated heterocycles. The zero-order chi connectivity index (χ0) is 29.1. The molecule has 1 aliphatic carbocycles. The van der Waals surface area contributed by atoms with Crippen molar-refractivity contribution in [3.05, 3.63) is 93.9 Å². The van der Waals surface area contributed by atoms with Gasteiger partial charge in [-0.1, -0.05) is 17.7 Å². The summed E-state index contributed by atoms with van der Waals surface area (Å²) in [5, 5.41) is 12.5. The minimum Gasteiger partial charge on any atom is -0.477 e. The lowest BCUT2D eigenvalue weighted by atomic mass is 9.83. The van der Waals surface area contributed by atoms with Crippen LogP contribution in [-0.4, -0.2) is 39.4 Å². The first kappa shape index (κ1) is 28.5. The third-order valence-electron chi connectivity index (χ3n) is 7.39. The van der Waals surface area contributed by atoms with Crippen molar-refractivity contribution in [2.75, 3.05) is 6.54 Å². The summed E-state index contributed by atoms with van der Waals surface area (Å²) in [5.41, 5.74) is 4.89. The van der Waals surface area contributed by atoms with Crippen LogP contribution in [0.25, 0.3) is 22.3 Å². The molecular formula is C31H27ClF3N3O3. The number of fused-ring (bicyclic) bond motifs is 2. The molecule has 0 saturated carbocycles. The fourth-order valence-corrected chi connectivity index (χ4v) is 5.44. The van der Waals surface area contributed by atoms with Gasteiger partial charge in [-0.3, -0.25) is 4.79 Å². The fraction of sp³-hybridized carbons (Fsp3) is 0.290. The maximum Gasteiger partial charge on any atom is 0.374 e. The number of aromatic nitrogens is 2. The van der Waals surface area contributed by atoms with Crippen LogP contribution in [-0.2, 0) is 17.6 Å². The van der Waals surface area contributed by atoms with Crippen LogP contribution in [0.2, 0.25) is 5.02 Å². The van der Waals surface area contributed by atoms with E-state index in [1.165, 1.54) is 35.4 Å². The van der Waals surface area contributed by atoms with E-state index in [1.54, 1.807) is 18.2 Å². The minimum atomic E-state index is -3.86. The Morgan fingerprint density at radius 2 is 1.80 bits per heavy atom. The summed E-state index contributed by atoms with van der Waals surface area (Å²) < 4.78 is 40.9. The quantitative estimate of drug-likeness (QED) is 0.222. The molecule has 0 fully saturated rings. The van der Waals surface area contributed by atoms with Crippen molar-refractivity contribution in [1.82, 2.24) is 15.3 Å². The summed E-state index contributed by atoms with van der Waals surface area (Å²) in [5.74, 6) is -6.59. The van der Waals surface area contributed by atoms with Gasteiger partial charge in [0.25, 0.3) is 5.91 Å². The van der Waals surface area contributed by atoms with E-state index in [9.17, 15) is 22.8 Å². The van der Waals surface area contributed by atoms with Crippen LogP contribution in [0, 0.1) is 5.82 Å². The van der Waals surface area contributed by atoms with Crippen LogP contribution >= 0.6 is 11.6 Å². The molecule has 0 spiro atoms. The number of nitrogens with one attached hydrogen (secondary N) is 1. The number of rotatable bonds is 9. The largest absolute Gasteiger partial charge is 0.477 e. The monoisotopic (exact) mass is 581 g/mol. The maximum absolute atomic E-state index is 13.7. The Labute approximate surface area is 239 Å². The lowest BCUT2D eigenvalue weighted by molar-refractivity contribution is -0.165. The van der Waals surface area contributed by atoms with Crippen LogP contribution in [0.15, 0.2) is 60.7 Å². The van der Waals surface area contributed by atoms with Crippen LogP contribution in [0.5, 0.6) is 0 Å². The molecule has 0 bridgehead atoms. The van der Waals surface area contributed by atoms with E-state index in [0.717, 1.165) is 19.3 Å². The number of carboxylic acids is 1. The molecule has 1 atom stereocenters. The summed E-state index contributed by atoms with van der Waals surface area (Å²) in [6, 6.07) is 16.3. The van der Waals surface area contributed by atoms with Gasteiger partial charge >= 0.3 is 11.9 Å². The van der Waals surface area contributed by atoms with Crippen molar-refractivity contribution in [1.29, 1.82) is 0 Å². The summed E-state index contributed by atoms with van der Waals surface area (Å²) in [7, 11) is 0. The van der Waals surface area contributed by atoms with E-state index in [4.69, 9.17) is 16.7 Å². The molecule has 3 aromatic carbocycles. The summed E-state index contributed by atoms with van der Waals surface area (Å²) >= 11 is 6.15. The van der Waals surface area contributed by atoms with E-state index >= 15 is 0 Å². The Morgan fingerprint density at radius 1 is 1.02 bits per heavy atom. The third-order valence-corrected chi connectivity index (χ3v) is 7.62. The number of carbonyl (C=O) groups is 2. The number of halogens is 4. The predicted octanol–water partition coefficient (Wildman–Crippen LogP) is 6.98. The molecule has 1 aliphatic rings. The van der Waals surface area contributed by atoms with Crippen molar-refractivity contribution < 1.29 is 27.9 Å². The zero-order valence-electron chi connectivity index (χ0n) is 22.0. The maximum atomic E-state index is 13.7. The Kier molecular flexibility index (Phi) is 8.26. The molecule has 2 N–H and O–H groups in total. The van der Waals surface area contributed by atoms with Gasteiger partial charge in [0.15, 0.2) is 0 Å². The smallest absolute Gasteiger partial charge is 0.374 e. The molecule has 6 nitrogen and oxygen atoms in total. The fourth-order valence-electron chi connectivity index (χ4n) is 5.24. The van der Waals surface area contributed by atoms with Crippen molar-refractivity contribution >= 4 is 34.5 Å². The minimum absolute atomic E-state index is 0.0139. The number of alkyl halides is 2. The van der Waals surface area contributed by atoms with Gasteiger partial charge in [-0.25, -0.2) is 19.2 Å². The lowest BCUT2D eigenvalue weighted by Gasteiger charge is -2.26. The highest BCUT2D eigenvalue weighted by molar-refractivity contribution is 6.30. The van der Waals surface area contributed by atoms with Crippen molar-refractivity contribution in [3.63, 3.8) is 0 Å². The molecule has 0 radical (unpaired) electrons. The van der Waals surface area contributed by atoms with Gasteiger partial charge in [-0.15, -0.1) is 0 Å². The van der Waals surface area contributed by atoms with E-state index in [0.29, 0.717) is 45.1 Å². The highest BCUT2D eigenvalue weighted by Crippen LogP contribution is 2.33. The van der Waals surface area contributed by atoms with Gasteiger partial charge in [0.1, 0.15) is 5.82 Å². The molecule has 0 aliphatic heterocycles. The normalized spacial score (nSPS) is 15.0. The molecule has 4 aromatic rings. The average Bonchev–Trinajstić information content (AvgIpc) is 2.95. The van der Waals surface area contributed by atoms with Crippen LogP contribution in [0.1, 0.15) is 58.8 Å². The van der Waals surface area contributed by atoms with Crippen molar-refractivity contribution in [2.24, 2.45) is 0 Å². The Morgan fingerprint density at radius 3 is 2.56 bits per heavy atom. The van der Waals surface area contributed by atoms with Gasteiger partial charge in [-0.2, -0.15) is 8.78 Å². The molecule has 1 heterocycles. The summed E-state index contributed by atoms with van der Waals surface area (Å²) in [6.07, 6.45) is 1.90. The van der Waals surface area contributed by atoms with Gasteiger partial charge in [0, 0.05) is 35.0 Å². The molecule has 10 heteroatoms. The number of hydrogen-bond donors (Lipinski definition) is 2. The molecule has 41 heavy (non-hydrogen) atoms. The molecule has 1 unspecified atom stereocenters. The number of carbonyl (C=O) groups excluding carboxylic acids is 1. The van der Waals surface area contributed by atoms with Gasteiger partial charge < -0.3 is 10.4 Å². The van der Waals surface area contributed by atoms with Crippen LogP contribution in [0.4, 0.5) is 13.2 Å². The van der Waals surface area contributed by atoms with E-state index < -0.39 is 24.1 Å². The van der Waals surface area contributed by atoms with Crippen LogP contribution < -0.4 is 5.32 Å². The summed E-state index contributed by atoms with van der Waals surface area (Å²) in [6.45, 7) is 0.462. The lowest BCUT2D eigenvalue weighted by Crippen LogP contribution is -2.30. The molecule has 1 aromatic heterocycles. The SMILES string of the molecule is O=C(NCC1CCCc2cc(Cl)ccc21)c1ccc2nc(-c3ccc(F)cc3)c(CCCC(F)(F)C(=O)O)nc2c1. The molecule has 212 valence electrons. The van der Waals surface area contributed by atoms with Crippen molar-refractivity contribution in [3.8, 4) is 11.3 Å². The van der Waals surface area contributed by atoms with E-state index in [-0.39, 0.29) is 24.7 Å². The van der Waals surface area contributed by atoms with Crippen molar-refractivity contribution in [2.45, 2.75) is 50.4 Å². The number of benzene rings is 3. The molecule has 5 rings (SSSR count). The predicted molar refractivity (Wildman–Crippen MR) is 150 cm³/mol. The Bertz CT molecular complexity index is 1610. The highest BCUT2D eigenvalue weighted by atomic mass is 35.5. The number of nitrogens with zero attached hydrogens (tertiary/aromatic N) is 2. The van der Waals surface area contributed by atoms with Gasteiger partial charge in [0.2, 0.25) is 0 Å².